The van der Waals surface area contributed by atoms with Crippen LogP contribution in [0.5, 0.6) is 0 Å². The Balaban J connectivity index is 1.87. The van der Waals surface area contributed by atoms with E-state index in [9.17, 15) is 13.2 Å². The number of pyridine rings is 1. The van der Waals surface area contributed by atoms with Crippen LogP contribution in [0.1, 0.15) is 43.1 Å². The summed E-state index contributed by atoms with van der Waals surface area (Å²) in [6.45, 7) is 1.87. The molecule has 2 heterocycles. The molecule has 1 saturated carbocycles. The van der Waals surface area contributed by atoms with E-state index in [0.29, 0.717) is 17.9 Å². The second-order valence-electron chi connectivity index (χ2n) is 5.55. The lowest BCUT2D eigenvalue weighted by Crippen LogP contribution is -2.28. The molecule has 3 nitrogen and oxygen atoms in total. The summed E-state index contributed by atoms with van der Waals surface area (Å²) in [6, 6.07) is 3.74. The maximum absolute atomic E-state index is 12.8. The molecule has 2 unspecified atom stereocenters. The molecule has 108 valence electrons. The predicted octanol–water partition coefficient (Wildman–Crippen LogP) is 4.10. The van der Waals surface area contributed by atoms with Gasteiger partial charge < -0.3 is 4.98 Å². The molecule has 1 fully saturated rings. The molecule has 0 aromatic carbocycles. The van der Waals surface area contributed by atoms with E-state index in [2.05, 4.69) is 15.0 Å². The van der Waals surface area contributed by atoms with Gasteiger partial charge in [-0.05, 0) is 38.3 Å². The Labute approximate surface area is 114 Å². The Morgan fingerprint density at radius 2 is 2.00 bits per heavy atom. The van der Waals surface area contributed by atoms with Crippen LogP contribution in [-0.4, -0.2) is 21.1 Å². The summed E-state index contributed by atoms with van der Waals surface area (Å²) in [5.41, 5.74) is 2.24. The number of aromatic nitrogens is 3. The highest BCUT2D eigenvalue weighted by Gasteiger charge is 2.42. The second-order valence-corrected chi connectivity index (χ2v) is 5.55. The number of nitrogens with one attached hydrogen (secondary N) is 1. The van der Waals surface area contributed by atoms with Gasteiger partial charge in [0.15, 0.2) is 5.65 Å². The van der Waals surface area contributed by atoms with E-state index in [1.54, 1.807) is 0 Å². The third-order valence-electron chi connectivity index (χ3n) is 4.03. The van der Waals surface area contributed by atoms with E-state index < -0.39 is 12.1 Å². The van der Waals surface area contributed by atoms with Crippen molar-refractivity contribution in [3.8, 4) is 0 Å². The first-order valence-corrected chi connectivity index (χ1v) is 6.83. The van der Waals surface area contributed by atoms with Crippen LogP contribution >= 0.6 is 0 Å². The Kier molecular flexibility index (Phi) is 3.18. The first-order valence-electron chi connectivity index (χ1n) is 6.83. The number of aryl methyl sites for hydroxylation is 1. The van der Waals surface area contributed by atoms with Gasteiger partial charge in [0.1, 0.15) is 5.82 Å². The molecule has 1 aliphatic carbocycles. The fourth-order valence-electron chi connectivity index (χ4n) is 2.93. The van der Waals surface area contributed by atoms with Gasteiger partial charge in [-0.1, -0.05) is 6.42 Å². The first-order chi connectivity index (χ1) is 9.43. The average molecular weight is 283 g/mol. The van der Waals surface area contributed by atoms with Crippen LogP contribution in [0.25, 0.3) is 11.2 Å². The van der Waals surface area contributed by atoms with Crippen molar-refractivity contribution in [2.45, 2.75) is 44.7 Å². The highest BCUT2D eigenvalue weighted by atomic mass is 19.4. The molecular weight excluding hydrogens is 267 g/mol. The molecule has 2 atom stereocenters. The lowest BCUT2D eigenvalue weighted by Gasteiger charge is -2.29. The number of nitrogens with zero attached hydrogens (tertiary/aromatic N) is 2. The van der Waals surface area contributed by atoms with Gasteiger partial charge >= 0.3 is 6.18 Å². The summed E-state index contributed by atoms with van der Waals surface area (Å²) in [5, 5.41) is 0. The topological polar surface area (TPSA) is 41.6 Å². The lowest BCUT2D eigenvalue weighted by atomic mass is 9.80. The Bertz CT molecular complexity index is 618. The first kappa shape index (κ1) is 13.4. The van der Waals surface area contributed by atoms with Crippen LogP contribution in [0.3, 0.4) is 0 Å². The summed E-state index contributed by atoms with van der Waals surface area (Å²) in [6.07, 6.45) is -2.39. The van der Waals surface area contributed by atoms with Crippen molar-refractivity contribution in [1.82, 2.24) is 15.0 Å². The molecule has 0 radical (unpaired) electrons. The molecule has 0 aliphatic heterocycles. The standard InChI is InChI=1S/C14H16F3N3/c1-8-5-6-11-13(18-8)20-12(19-11)9-3-2-4-10(7-9)14(15,16)17/h5-6,9-10H,2-4,7H2,1H3,(H,18,19,20). The summed E-state index contributed by atoms with van der Waals surface area (Å²) < 4.78 is 38.5. The van der Waals surface area contributed by atoms with Gasteiger partial charge in [-0.25, -0.2) is 9.97 Å². The van der Waals surface area contributed by atoms with E-state index in [-0.39, 0.29) is 18.8 Å². The maximum Gasteiger partial charge on any atom is 0.391 e. The molecule has 2 aromatic heterocycles. The number of hydrogen-bond donors (Lipinski definition) is 1. The minimum absolute atomic E-state index is 0.127. The molecule has 0 saturated heterocycles. The van der Waals surface area contributed by atoms with Gasteiger partial charge in [0.25, 0.3) is 0 Å². The normalized spacial score (nSPS) is 24.2. The second kappa shape index (κ2) is 4.75. The van der Waals surface area contributed by atoms with Crippen molar-refractivity contribution in [1.29, 1.82) is 0 Å². The fourth-order valence-corrected chi connectivity index (χ4v) is 2.93. The largest absolute Gasteiger partial charge is 0.391 e. The molecule has 3 rings (SSSR count). The number of rotatable bonds is 1. The molecule has 1 N–H and O–H groups in total. The van der Waals surface area contributed by atoms with E-state index in [0.717, 1.165) is 17.6 Å². The Hall–Kier alpha value is -1.59. The average Bonchev–Trinajstić information content (AvgIpc) is 2.81. The van der Waals surface area contributed by atoms with Gasteiger partial charge in [0.2, 0.25) is 0 Å². The Morgan fingerprint density at radius 3 is 2.75 bits per heavy atom. The molecule has 2 aromatic rings. The molecule has 0 spiro atoms. The quantitative estimate of drug-likeness (QED) is 0.856. The van der Waals surface area contributed by atoms with Gasteiger partial charge in [-0.2, -0.15) is 13.2 Å². The zero-order valence-corrected chi connectivity index (χ0v) is 11.2. The summed E-state index contributed by atoms with van der Waals surface area (Å²) in [5.74, 6) is -0.707. The van der Waals surface area contributed by atoms with Gasteiger partial charge in [-0.3, -0.25) is 0 Å². The van der Waals surface area contributed by atoms with Crippen LogP contribution in [0.15, 0.2) is 12.1 Å². The number of aromatic amines is 1. The molecule has 20 heavy (non-hydrogen) atoms. The van der Waals surface area contributed by atoms with Crippen molar-refractivity contribution in [2.24, 2.45) is 5.92 Å². The van der Waals surface area contributed by atoms with Gasteiger partial charge in [0.05, 0.1) is 11.4 Å². The minimum atomic E-state index is -4.10. The van der Waals surface area contributed by atoms with Gasteiger partial charge in [-0.15, -0.1) is 0 Å². The number of H-pyrrole nitrogens is 1. The van der Waals surface area contributed by atoms with Gasteiger partial charge in [0, 0.05) is 11.6 Å². The Morgan fingerprint density at radius 1 is 1.20 bits per heavy atom. The number of halogens is 3. The minimum Gasteiger partial charge on any atom is -0.340 e. The highest BCUT2D eigenvalue weighted by Crippen LogP contribution is 2.43. The van der Waals surface area contributed by atoms with E-state index in [1.807, 2.05) is 19.1 Å². The number of imidazole rings is 1. The maximum atomic E-state index is 12.8. The van der Waals surface area contributed by atoms with Crippen LogP contribution in [-0.2, 0) is 0 Å². The van der Waals surface area contributed by atoms with Crippen molar-refractivity contribution in [3.63, 3.8) is 0 Å². The summed E-state index contributed by atoms with van der Waals surface area (Å²) in [7, 11) is 0. The van der Waals surface area contributed by atoms with Crippen LogP contribution in [0, 0.1) is 12.8 Å². The number of hydrogen-bond acceptors (Lipinski definition) is 2. The van der Waals surface area contributed by atoms with E-state index in [1.165, 1.54) is 0 Å². The van der Waals surface area contributed by atoms with Crippen molar-refractivity contribution < 1.29 is 13.2 Å². The lowest BCUT2D eigenvalue weighted by molar-refractivity contribution is -0.183. The van der Waals surface area contributed by atoms with Crippen LogP contribution < -0.4 is 0 Å². The smallest absolute Gasteiger partial charge is 0.340 e. The molecule has 1 aliphatic rings. The highest BCUT2D eigenvalue weighted by molar-refractivity contribution is 5.70. The number of fused-ring (bicyclic) bond motifs is 1. The third kappa shape index (κ3) is 2.51. The molecular formula is C14H16F3N3. The number of alkyl halides is 3. The van der Waals surface area contributed by atoms with Crippen molar-refractivity contribution in [3.05, 3.63) is 23.7 Å². The molecule has 0 amide bonds. The van der Waals surface area contributed by atoms with E-state index in [4.69, 9.17) is 0 Å². The van der Waals surface area contributed by atoms with Crippen LogP contribution in [0.2, 0.25) is 0 Å². The monoisotopic (exact) mass is 283 g/mol. The molecule has 0 bridgehead atoms. The predicted molar refractivity (Wildman–Crippen MR) is 69.4 cm³/mol. The zero-order chi connectivity index (χ0) is 14.3. The van der Waals surface area contributed by atoms with Crippen molar-refractivity contribution >= 4 is 11.2 Å². The van der Waals surface area contributed by atoms with E-state index >= 15 is 0 Å². The summed E-state index contributed by atoms with van der Waals surface area (Å²) >= 11 is 0. The van der Waals surface area contributed by atoms with Crippen molar-refractivity contribution in [2.75, 3.05) is 0 Å². The SMILES string of the molecule is Cc1ccc2[nH]c(C3CCCC(C(F)(F)F)C3)nc2n1. The zero-order valence-electron chi connectivity index (χ0n) is 11.2. The molecule has 6 heteroatoms. The third-order valence-corrected chi connectivity index (χ3v) is 4.03. The fraction of sp³-hybridized carbons (Fsp3) is 0.571. The summed E-state index contributed by atoms with van der Waals surface area (Å²) in [4.78, 5) is 11.8. The van der Waals surface area contributed by atoms with Crippen LogP contribution in [0.4, 0.5) is 13.2 Å².